The number of benzene rings is 2. The molecule has 2 aromatic carbocycles. The van der Waals surface area contributed by atoms with Gasteiger partial charge in [0.05, 0.1) is 36.0 Å². The highest BCUT2D eigenvalue weighted by Gasteiger charge is 2.21. The molecule has 4 rings (SSSR count). The monoisotopic (exact) mass is 417 g/mol. The molecule has 0 radical (unpaired) electrons. The summed E-state index contributed by atoms with van der Waals surface area (Å²) in [5.74, 6) is 0.805. The SMILES string of the molecule is COc1ccc(CC(=O)N(Cc2ccccn2)c2nc3ccc(C)cc3s2)cc1C. The summed E-state index contributed by atoms with van der Waals surface area (Å²) in [5, 5.41) is 0.691. The Morgan fingerprint density at radius 1 is 1.10 bits per heavy atom. The van der Waals surface area contributed by atoms with Gasteiger partial charge in [0, 0.05) is 6.20 Å². The van der Waals surface area contributed by atoms with E-state index in [9.17, 15) is 4.79 Å². The Bertz CT molecular complexity index is 1190. The maximum Gasteiger partial charge on any atom is 0.233 e. The molecule has 0 aliphatic heterocycles. The van der Waals surface area contributed by atoms with Crippen molar-refractivity contribution in [3.05, 3.63) is 83.2 Å². The first kappa shape index (κ1) is 20.0. The summed E-state index contributed by atoms with van der Waals surface area (Å²) in [6.45, 7) is 4.42. The zero-order chi connectivity index (χ0) is 21.1. The number of carbonyl (C=O) groups excluding carboxylic acids is 1. The minimum atomic E-state index is -0.0130. The lowest BCUT2D eigenvalue weighted by Crippen LogP contribution is -2.32. The van der Waals surface area contributed by atoms with E-state index in [1.54, 1.807) is 18.2 Å². The fourth-order valence-corrected chi connectivity index (χ4v) is 4.45. The van der Waals surface area contributed by atoms with E-state index >= 15 is 0 Å². The quantitative estimate of drug-likeness (QED) is 0.438. The van der Waals surface area contributed by atoms with Gasteiger partial charge in [0.25, 0.3) is 0 Å². The van der Waals surface area contributed by atoms with Crippen LogP contribution in [0.5, 0.6) is 5.75 Å². The maximum atomic E-state index is 13.4. The van der Waals surface area contributed by atoms with E-state index in [4.69, 9.17) is 9.72 Å². The Balaban J connectivity index is 1.66. The second kappa shape index (κ2) is 8.63. The fraction of sp³-hybridized carbons (Fsp3) is 0.208. The van der Waals surface area contributed by atoms with Crippen LogP contribution in [-0.2, 0) is 17.8 Å². The molecule has 0 aliphatic carbocycles. The van der Waals surface area contributed by atoms with Crippen LogP contribution in [0.15, 0.2) is 60.8 Å². The average molecular weight is 418 g/mol. The van der Waals surface area contributed by atoms with Crippen molar-refractivity contribution >= 4 is 32.6 Å². The molecule has 2 aromatic heterocycles. The number of anilines is 1. The zero-order valence-corrected chi connectivity index (χ0v) is 18.1. The number of nitrogens with zero attached hydrogens (tertiary/aromatic N) is 3. The van der Waals surface area contributed by atoms with Crippen molar-refractivity contribution in [3.8, 4) is 5.75 Å². The van der Waals surface area contributed by atoms with Crippen molar-refractivity contribution in [1.82, 2.24) is 9.97 Å². The number of amides is 1. The molecule has 0 spiro atoms. The summed E-state index contributed by atoms with van der Waals surface area (Å²) in [5.41, 5.74) is 4.86. The van der Waals surface area contributed by atoms with Gasteiger partial charge in [-0.15, -0.1) is 0 Å². The Morgan fingerprint density at radius 3 is 2.70 bits per heavy atom. The van der Waals surface area contributed by atoms with Crippen molar-refractivity contribution in [3.63, 3.8) is 0 Å². The number of fused-ring (bicyclic) bond motifs is 1. The molecular formula is C24H23N3O2S. The summed E-state index contributed by atoms with van der Waals surface area (Å²) in [4.78, 5) is 24.2. The second-order valence-corrected chi connectivity index (χ2v) is 8.26. The molecule has 0 saturated heterocycles. The number of hydrogen-bond donors (Lipinski definition) is 0. The lowest BCUT2D eigenvalue weighted by molar-refractivity contribution is -0.118. The number of aryl methyl sites for hydroxylation is 2. The molecular weight excluding hydrogens is 394 g/mol. The van der Waals surface area contributed by atoms with E-state index in [0.29, 0.717) is 11.7 Å². The molecule has 1 amide bonds. The molecule has 0 unspecified atom stereocenters. The van der Waals surface area contributed by atoms with E-state index in [-0.39, 0.29) is 12.3 Å². The molecule has 152 valence electrons. The number of methoxy groups -OCH3 is 1. The van der Waals surface area contributed by atoms with Crippen LogP contribution in [0.3, 0.4) is 0 Å². The van der Waals surface area contributed by atoms with Gasteiger partial charge in [-0.05, 0) is 60.9 Å². The van der Waals surface area contributed by atoms with Gasteiger partial charge in [0.2, 0.25) is 5.91 Å². The molecule has 6 heteroatoms. The van der Waals surface area contributed by atoms with E-state index < -0.39 is 0 Å². The molecule has 30 heavy (non-hydrogen) atoms. The summed E-state index contributed by atoms with van der Waals surface area (Å²) in [6.07, 6.45) is 2.03. The van der Waals surface area contributed by atoms with Crippen molar-refractivity contribution in [1.29, 1.82) is 0 Å². The fourth-order valence-electron chi connectivity index (χ4n) is 3.37. The molecule has 2 heterocycles. The van der Waals surface area contributed by atoms with E-state index in [2.05, 4.69) is 18.0 Å². The van der Waals surface area contributed by atoms with Gasteiger partial charge in [-0.2, -0.15) is 0 Å². The smallest absolute Gasteiger partial charge is 0.233 e. The number of rotatable bonds is 6. The number of aromatic nitrogens is 2. The minimum Gasteiger partial charge on any atom is -0.496 e. The Kier molecular flexibility index (Phi) is 5.77. The van der Waals surface area contributed by atoms with Crippen molar-refractivity contribution in [2.24, 2.45) is 0 Å². The normalized spacial score (nSPS) is 10.9. The van der Waals surface area contributed by atoms with Crippen LogP contribution in [0.1, 0.15) is 22.4 Å². The predicted octanol–water partition coefficient (Wildman–Crippen LogP) is 5.09. The van der Waals surface area contributed by atoms with Crippen LogP contribution in [0, 0.1) is 13.8 Å². The lowest BCUT2D eigenvalue weighted by Gasteiger charge is -2.20. The molecule has 0 saturated carbocycles. The molecule has 0 fully saturated rings. The first-order valence-electron chi connectivity index (χ1n) is 9.74. The highest BCUT2D eigenvalue weighted by atomic mass is 32.1. The molecule has 0 atom stereocenters. The number of thiazole rings is 1. The first-order chi connectivity index (χ1) is 14.5. The third kappa shape index (κ3) is 4.33. The largest absolute Gasteiger partial charge is 0.496 e. The Labute approximate surface area is 180 Å². The van der Waals surface area contributed by atoms with Crippen LogP contribution in [0.25, 0.3) is 10.2 Å². The van der Waals surface area contributed by atoms with E-state index in [0.717, 1.165) is 32.8 Å². The minimum absolute atomic E-state index is 0.0130. The second-order valence-electron chi connectivity index (χ2n) is 7.25. The maximum absolute atomic E-state index is 13.4. The molecule has 4 aromatic rings. The van der Waals surface area contributed by atoms with Crippen LogP contribution in [0.2, 0.25) is 0 Å². The van der Waals surface area contributed by atoms with Gasteiger partial charge in [-0.1, -0.05) is 35.6 Å². The van der Waals surface area contributed by atoms with Crippen molar-refractivity contribution in [2.75, 3.05) is 12.0 Å². The van der Waals surface area contributed by atoms with Gasteiger partial charge in [-0.25, -0.2) is 4.98 Å². The Morgan fingerprint density at radius 2 is 1.97 bits per heavy atom. The third-order valence-electron chi connectivity index (χ3n) is 4.93. The average Bonchev–Trinajstić information content (AvgIpc) is 3.15. The number of carbonyl (C=O) groups is 1. The van der Waals surface area contributed by atoms with E-state index in [1.165, 1.54) is 16.9 Å². The standard InChI is InChI=1S/C24H23N3O2S/c1-16-7-9-20-22(12-16)30-24(26-20)27(15-19-6-4-5-11-25-19)23(28)14-18-8-10-21(29-3)17(2)13-18/h4-13H,14-15H2,1-3H3. The van der Waals surface area contributed by atoms with Gasteiger partial charge in [0.1, 0.15) is 5.75 Å². The van der Waals surface area contributed by atoms with E-state index in [1.807, 2.05) is 55.5 Å². The number of ether oxygens (including phenoxy) is 1. The highest BCUT2D eigenvalue weighted by molar-refractivity contribution is 7.22. The van der Waals surface area contributed by atoms with Crippen molar-refractivity contribution < 1.29 is 9.53 Å². The Hall–Kier alpha value is -3.25. The van der Waals surface area contributed by atoms with Crippen LogP contribution in [-0.4, -0.2) is 23.0 Å². The lowest BCUT2D eigenvalue weighted by atomic mass is 10.1. The van der Waals surface area contributed by atoms with Crippen LogP contribution in [0.4, 0.5) is 5.13 Å². The third-order valence-corrected chi connectivity index (χ3v) is 5.97. The van der Waals surface area contributed by atoms with Crippen LogP contribution >= 0.6 is 11.3 Å². The summed E-state index contributed by atoms with van der Waals surface area (Å²) in [7, 11) is 1.65. The topological polar surface area (TPSA) is 55.3 Å². The zero-order valence-electron chi connectivity index (χ0n) is 17.3. The van der Waals surface area contributed by atoms with Gasteiger partial charge in [0.15, 0.2) is 5.13 Å². The predicted molar refractivity (Wildman–Crippen MR) is 121 cm³/mol. The highest BCUT2D eigenvalue weighted by Crippen LogP contribution is 2.31. The summed E-state index contributed by atoms with van der Waals surface area (Å²) < 4.78 is 6.41. The van der Waals surface area contributed by atoms with Gasteiger partial charge >= 0.3 is 0 Å². The van der Waals surface area contributed by atoms with Gasteiger partial charge in [-0.3, -0.25) is 14.7 Å². The molecule has 0 N–H and O–H groups in total. The van der Waals surface area contributed by atoms with Crippen molar-refractivity contribution in [2.45, 2.75) is 26.8 Å². The van der Waals surface area contributed by atoms with Gasteiger partial charge < -0.3 is 4.74 Å². The number of pyridine rings is 1. The summed E-state index contributed by atoms with van der Waals surface area (Å²) >= 11 is 1.53. The summed E-state index contributed by atoms with van der Waals surface area (Å²) in [6, 6.07) is 17.7. The van der Waals surface area contributed by atoms with Crippen LogP contribution < -0.4 is 9.64 Å². The number of hydrogen-bond acceptors (Lipinski definition) is 5. The molecule has 0 bridgehead atoms. The first-order valence-corrected chi connectivity index (χ1v) is 10.6. The molecule has 0 aliphatic rings. The molecule has 5 nitrogen and oxygen atoms in total.